The van der Waals surface area contributed by atoms with Gasteiger partial charge in [-0.2, -0.15) is 0 Å². The molecule has 0 radical (unpaired) electrons. The van der Waals surface area contributed by atoms with Crippen molar-refractivity contribution in [2.75, 3.05) is 0 Å². The molecule has 12 heavy (non-hydrogen) atoms. The van der Waals surface area contributed by atoms with Crippen LogP contribution in [0.2, 0.25) is 0 Å². The van der Waals surface area contributed by atoms with Gasteiger partial charge >= 0.3 is 0 Å². The minimum atomic E-state index is -0.304. The molecule has 0 amide bonds. The molecule has 0 bridgehead atoms. The van der Waals surface area contributed by atoms with Gasteiger partial charge < -0.3 is 0 Å². The van der Waals surface area contributed by atoms with Gasteiger partial charge in [0.15, 0.2) is 5.78 Å². The summed E-state index contributed by atoms with van der Waals surface area (Å²) < 4.78 is 0. The maximum atomic E-state index is 11.4. The van der Waals surface area contributed by atoms with Crippen molar-refractivity contribution in [3.05, 3.63) is 36.5 Å². The van der Waals surface area contributed by atoms with E-state index in [0.717, 1.165) is 6.42 Å². The molecule has 0 fully saturated rings. The molecule has 1 atom stereocenters. The minimum absolute atomic E-state index is 0.197. The summed E-state index contributed by atoms with van der Waals surface area (Å²) in [5.74, 6) is 0.197. The van der Waals surface area contributed by atoms with Crippen molar-refractivity contribution in [1.82, 2.24) is 0 Å². The molecule has 1 unspecified atom stereocenters. The second-order valence-electron chi connectivity index (χ2n) is 3.27. The average molecular weight is 162 g/mol. The Morgan fingerprint density at radius 2 is 2.25 bits per heavy atom. The molecule has 0 saturated heterocycles. The zero-order valence-corrected chi connectivity index (χ0v) is 7.58. The Morgan fingerprint density at radius 3 is 2.83 bits per heavy atom. The van der Waals surface area contributed by atoms with E-state index in [1.165, 1.54) is 0 Å². The smallest absolute Gasteiger partial charge is 0.165 e. The highest BCUT2D eigenvalue weighted by Crippen LogP contribution is 2.28. The first-order chi connectivity index (χ1) is 5.69. The van der Waals surface area contributed by atoms with Crippen molar-refractivity contribution in [3.63, 3.8) is 0 Å². The first-order valence-corrected chi connectivity index (χ1v) is 4.20. The van der Waals surface area contributed by atoms with Crippen molar-refractivity contribution >= 4 is 5.78 Å². The number of hydrogen-bond donors (Lipinski definition) is 0. The highest BCUT2D eigenvalue weighted by molar-refractivity contribution is 5.97. The Balaban J connectivity index is 2.76. The first-order valence-electron chi connectivity index (χ1n) is 4.20. The van der Waals surface area contributed by atoms with Crippen LogP contribution in [0.4, 0.5) is 0 Å². The third-order valence-corrected chi connectivity index (χ3v) is 2.16. The van der Waals surface area contributed by atoms with E-state index in [0.29, 0.717) is 0 Å². The van der Waals surface area contributed by atoms with Crippen molar-refractivity contribution in [3.8, 4) is 0 Å². The Bertz CT molecular complexity index is 258. The van der Waals surface area contributed by atoms with Crippen molar-refractivity contribution in [2.45, 2.75) is 20.3 Å². The minimum Gasteiger partial charge on any atom is -0.294 e. The van der Waals surface area contributed by atoms with Gasteiger partial charge in [-0.05, 0) is 26.3 Å². The molecule has 0 aliphatic heterocycles. The summed E-state index contributed by atoms with van der Waals surface area (Å²) in [6.45, 7) is 3.94. The van der Waals surface area contributed by atoms with Gasteiger partial charge in [0.25, 0.3) is 0 Å². The van der Waals surface area contributed by atoms with Crippen LogP contribution in [0.3, 0.4) is 0 Å². The molecule has 0 spiro atoms. The highest BCUT2D eigenvalue weighted by Gasteiger charge is 2.27. The Kier molecular flexibility index (Phi) is 2.64. The number of carbonyl (C=O) groups excluding carboxylic acids is 1. The average Bonchev–Trinajstić information content (AvgIpc) is 2.07. The second-order valence-corrected chi connectivity index (χ2v) is 3.27. The molecule has 0 aromatic carbocycles. The van der Waals surface area contributed by atoms with Crippen LogP contribution in [0.25, 0.3) is 0 Å². The van der Waals surface area contributed by atoms with Crippen LogP contribution < -0.4 is 0 Å². The molecule has 0 heterocycles. The summed E-state index contributed by atoms with van der Waals surface area (Å²) in [6.07, 6.45) is 12.1. The van der Waals surface area contributed by atoms with Gasteiger partial charge in [0.1, 0.15) is 0 Å². The quantitative estimate of drug-likeness (QED) is 0.570. The van der Waals surface area contributed by atoms with E-state index in [9.17, 15) is 4.79 Å². The molecule has 1 aliphatic rings. The number of rotatable bonds is 2. The molecule has 1 nitrogen and oxygen atoms in total. The molecule has 1 rings (SSSR count). The molecular weight excluding hydrogens is 148 g/mol. The van der Waals surface area contributed by atoms with Crippen LogP contribution in [-0.2, 0) is 4.79 Å². The molecule has 0 aromatic rings. The van der Waals surface area contributed by atoms with Gasteiger partial charge in [-0.1, -0.05) is 30.4 Å². The van der Waals surface area contributed by atoms with E-state index in [1.807, 2.05) is 38.2 Å². The molecule has 1 heteroatoms. The predicted molar refractivity (Wildman–Crippen MR) is 50.8 cm³/mol. The largest absolute Gasteiger partial charge is 0.294 e. The summed E-state index contributed by atoms with van der Waals surface area (Å²) >= 11 is 0. The Labute approximate surface area is 73.5 Å². The van der Waals surface area contributed by atoms with Gasteiger partial charge in [0.05, 0.1) is 5.41 Å². The molecule has 0 N–H and O–H groups in total. The number of allylic oxidation sites excluding steroid dienone is 6. The predicted octanol–water partition coefficient (Wildman–Crippen LogP) is 2.65. The van der Waals surface area contributed by atoms with Crippen molar-refractivity contribution < 1.29 is 4.79 Å². The van der Waals surface area contributed by atoms with E-state index >= 15 is 0 Å². The lowest BCUT2D eigenvalue weighted by Gasteiger charge is -2.22. The van der Waals surface area contributed by atoms with Crippen LogP contribution in [-0.4, -0.2) is 5.78 Å². The molecular formula is C11H14O. The lowest BCUT2D eigenvalue weighted by atomic mass is 9.79. The Hall–Kier alpha value is -1.11. The van der Waals surface area contributed by atoms with E-state index in [2.05, 4.69) is 0 Å². The summed E-state index contributed by atoms with van der Waals surface area (Å²) in [4.78, 5) is 11.4. The second kappa shape index (κ2) is 3.53. The van der Waals surface area contributed by atoms with Gasteiger partial charge in [0.2, 0.25) is 0 Å². The number of carbonyl (C=O) groups is 1. The lowest BCUT2D eigenvalue weighted by molar-refractivity contribution is -0.120. The van der Waals surface area contributed by atoms with Crippen LogP contribution in [0.15, 0.2) is 36.5 Å². The number of ketones is 1. The van der Waals surface area contributed by atoms with Crippen LogP contribution in [0.1, 0.15) is 20.3 Å². The number of hydrogen-bond acceptors (Lipinski definition) is 1. The maximum Gasteiger partial charge on any atom is 0.165 e. The summed E-state index contributed by atoms with van der Waals surface area (Å²) in [7, 11) is 0. The third-order valence-electron chi connectivity index (χ3n) is 2.16. The van der Waals surface area contributed by atoms with E-state index in [4.69, 9.17) is 0 Å². The lowest BCUT2D eigenvalue weighted by Crippen LogP contribution is -2.24. The van der Waals surface area contributed by atoms with Crippen LogP contribution in [0, 0.1) is 5.41 Å². The fourth-order valence-electron chi connectivity index (χ4n) is 1.21. The van der Waals surface area contributed by atoms with Gasteiger partial charge in [-0.3, -0.25) is 4.79 Å². The molecule has 0 aromatic heterocycles. The van der Waals surface area contributed by atoms with Crippen molar-refractivity contribution in [1.29, 1.82) is 0 Å². The normalized spacial score (nSPS) is 28.7. The van der Waals surface area contributed by atoms with E-state index in [1.54, 1.807) is 12.2 Å². The maximum absolute atomic E-state index is 11.4. The van der Waals surface area contributed by atoms with Gasteiger partial charge in [-0.25, -0.2) is 0 Å². The fourth-order valence-corrected chi connectivity index (χ4v) is 1.21. The SMILES string of the molecule is C/C=C/CC1(C)C=CC=CC1=O. The molecule has 1 aliphatic carbocycles. The fraction of sp³-hybridized carbons (Fsp3) is 0.364. The summed E-state index contributed by atoms with van der Waals surface area (Å²) in [6, 6.07) is 0. The van der Waals surface area contributed by atoms with Crippen LogP contribution in [0.5, 0.6) is 0 Å². The molecule has 0 saturated carbocycles. The van der Waals surface area contributed by atoms with Gasteiger partial charge in [-0.15, -0.1) is 0 Å². The zero-order valence-electron chi connectivity index (χ0n) is 7.58. The molecule has 64 valence electrons. The first kappa shape index (κ1) is 8.98. The van der Waals surface area contributed by atoms with Crippen molar-refractivity contribution in [2.24, 2.45) is 5.41 Å². The Morgan fingerprint density at radius 1 is 1.50 bits per heavy atom. The summed E-state index contributed by atoms with van der Waals surface area (Å²) in [5, 5.41) is 0. The van der Waals surface area contributed by atoms with E-state index < -0.39 is 0 Å². The topological polar surface area (TPSA) is 17.1 Å². The summed E-state index contributed by atoms with van der Waals surface area (Å²) in [5.41, 5.74) is -0.304. The standard InChI is InChI=1S/C11H14O/c1-3-4-8-11(2)9-6-5-7-10(11)12/h3-7,9H,8H2,1-2H3/b4-3+. The third kappa shape index (κ3) is 1.73. The van der Waals surface area contributed by atoms with Crippen LogP contribution >= 0.6 is 0 Å². The monoisotopic (exact) mass is 162 g/mol. The van der Waals surface area contributed by atoms with E-state index in [-0.39, 0.29) is 11.2 Å². The van der Waals surface area contributed by atoms with Gasteiger partial charge in [0, 0.05) is 0 Å². The highest BCUT2D eigenvalue weighted by atomic mass is 16.1. The zero-order chi connectivity index (χ0) is 9.03.